The van der Waals surface area contributed by atoms with Gasteiger partial charge in [-0.1, -0.05) is 12.1 Å². The number of alkyl halides is 4. The molecule has 0 saturated carbocycles. The molecule has 2 N–H and O–H groups in total. The van der Waals surface area contributed by atoms with Gasteiger partial charge in [-0.05, 0) is 17.7 Å². The molecule has 0 atom stereocenters. The minimum absolute atomic E-state index is 0.00131. The molecule has 8 heteroatoms. The van der Waals surface area contributed by atoms with E-state index in [0.717, 1.165) is 0 Å². The molecule has 0 aliphatic heterocycles. The number of hydrogen-bond donors (Lipinski definition) is 2. The van der Waals surface area contributed by atoms with Crippen molar-refractivity contribution in [1.82, 2.24) is 9.97 Å². The normalized spacial score (nSPS) is 11.7. The predicted octanol–water partition coefficient (Wildman–Crippen LogP) is 2.92. The molecule has 106 valence electrons. The number of carbonyl (C=O) groups excluding carboxylic acids is 1. The van der Waals surface area contributed by atoms with E-state index in [1.807, 2.05) is 0 Å². The van der Waals surface area contributed by atoms with E-state index in [-0.39, 0.29) is 5.69 Å². The van der Waals surface area contributed by atoms with Gasteiger partial charge in [0.15, 0.2) is 0 Å². The zero-order valence-electron chi connectivity index (χ0n) is 9.91. The molecule has 0 radical (unpaired) electrons. The van der Waals surface area contributed by atoms with Gasteiger partial charge < -0.3 is 10.3 Å². The highest BCUT2D eigenvalue weighted by molar-refractivity contribution is 5.96. The van der Waals surface area contributed by atoms with Gasteiger partial charge in [0.2, 0.25) is 0 Å². The first-order valence-corrected chi connectivity index (χ1v) is 5.47. The molecule has 0 spiro atoms. The van der Waals surface area contributed by atoms with Crippen LogP contribution in [0, 0.1) is 0 Å². The summed E-state index contributed by atoms with van der Waals surface area (Å²) in [6, 6.07) is 5.72. The first-order chi connectivity index (χ1) is 9.41. The molecule has 1 aromatic heterocycles. The monoisotopic (exact) mass is 287 g/mol. The average Bonchev–Trinajstić information content (AvgIpc) is 2.93. The van der Waals surface area contributed by atoms with Crippen LogP contribution in [0.5, 0.6) is 0 Å². The Morgan fingerprint density at radius 3 is 2.40 bits per heavy atom. The molecule has 2 rings (SSSR count). The van der Waals surface area contributed by atoms with E-state index in [0.29, 0.717) is 11.3 Å². The molecule has 1 amide bonds. The van der Waals surface area contributed by atoms with Crippen molar-refractivity contribution in [1.29, 1.82) is 0 Å². The van der Waals surface area contributed by atoms with Crippen LogP contribution in [0.3, 0.4) is 0 Å². The summed E-state index contributed by atoms with van der Waals surface area (Å²) < 4.78 is 49.5. The maximum atomic E-state index is 12.8. The highest BCUT2D eigenvalue weighted by Crippen LogP contribution is 2.25. The number of H-pyrrole nitrogens is 1. The van der Waals surface area contributed by atoms with Crippen LogP contribution < -0.4 is 5.32 Å². The van der Waals surface area contributed by atoms with Gasteiger partial charge in [0, 0.05) is 5.69 Å². The predicted molar refractivity (Wildman–Crippen MR) is 63.6 cm³/mol. The lowest BCUT2D eigenvalue weighted by molar-refractivity contribution is -0.163. The topological polar surface area (TPSA) is 57.8 Å². The number of nitrogens with zero attached hydrogens (tertiary/aromatic N) is 1. The van der Waals surface area contributed by atoms with Gasteiger partial charge in [-0.25, -0.2) is 13.8 Å². The Bertz CT molecular complexity index is 581. The quantitative estimate of drug-likeness (QED) is 0.849. The number of aromatic nitrogens is 2. The van der Waals surface area contributed by atoms with Crippen molar-refractivity contribution in [3.63, 3.8) is 0 Å². The van der Waals surface area contributed by atoms with Crippen molar-refractivity contribution < 1.29 is 22.4 Å². The summed E-state index contributed by atoms with van der Waals surface area (Å²) in [5.41, 5.74) is 1.40. The fourth-order valence-corrected chi connectivity index (χ4v) is 1.46. The van der Waals surface area contributed by atoms with E-state index in [9.17, 15) is 22.4 Å². The van der Waals surface area contributed by atoms with Crippen LogP contribution in [0.2, 0.25) is 0 Å². The van der Waals surface area contributed by atoms with E-state index >= 15 is 0 Å². The zero-order chi connectivity index (χ0) is 14.8. The van der Waals surface area contributed by atoms with Crippen molar-refractivity contribution in [2.24, 2.45) is 0 Å². The minimum atomic E-state index is -4.72. The van der Waals surface area contributed by atoms with E-state index in [1.165, 1.54) is 30.6 Å². The van der Waals surface area contributed by atoms with Crippen molar-refractivity contribution in [3.05, 3.63) is 36.8 Å². The summed E-state index contributed by atoms with van der Waals surface area (Å²) in [5, 5.41) is 1.74. The Morgan fingerprint density at radius 2 is 1.90 bits per heavy atom. The van der Waals surface area contributed by atoms with Crippen LogP contribution in [-0.4, -0.2) is 28.2 Å². The second-order valence-electron chi connectivity index (χ2n) is 3.92. The summed E-state index contributed by atoms with van der Waals surface area (Å²) in [4.78, 5) is 17.7. The van der Waals surface area contributed by atoms with Gasteiger partial charge in [-0.3, -0.25) is 4.79 Å². The SMILES string of the molecule is O=C(Nc1ccc(-c2cnc[nH]2)cc1)C(F)(F)C(F)F. The Balaban J connectivity index is 2.10. The van der Waals surface area contributed by atoms with Gasteiger partial charge in [-0.2, -0.15) is 8.78 Å². The molecule has 0 saturated heterocycles. The second kappa shape index (κ2) is 5.32. The highest BCUT2D eigenvalue weighted by atomic mass is 19.3. The third kappa shape index (κ3) is 2.79. The van der Waals surface area contributed by atoms with Gasteiger partial charge in [0.1, 0.15) is 0 Å². The first-order valence-electron chi connectivity index (χ1n) is 5.47. The third-order valence-corrected chi connectivity index (χ3v) is 2.53. The lowest BCUT2D eigenvalue weighted by Gasteiger charge is -2.14. The molecule has 4 nitrogen and oxygen atoms in total. The standard InChI is InChI=1S/C12H9F4N3O/c13-10(14)12(15,16)11(20)19-8-3-1-7(2-4-8)9-5-17-6-18-9/h1-6,10H,(H,17,18)(H,19,20). The number of benzene rings is 1. The first kappa shape index (κ1) is 14.0. The number of nitrogens with one attached hydrogen (secondary N) is 2. The molecule has 0 aliphatic rings. The number of aromatic amines is 1. The fourth-order valence-electron chi connectivity index (χ4n) is 1.46. The molecule has 0 fully saturated rings. The summed E-state index contributed by atoms with van der Waals surface area (Å²) in [7, 11) is 0. The lowest BCUT2D eigenvalue weighted by atomic mass is 10.1. The van der Waals surface area contributed by atoms with Gasteiger partial charge in [0.25, 0.3) is 0 Å². The Labute approximate surface area is 110 Å². The minimum Gasteiger partial charge on any atom is -0.345 e. The van der Waals surface area contributed by atoms with Crippen LogP contribution in [0.1, 0.15) is 0 Å². The molecule has 2 aromatic rings. The maximum absolute atomic E-state index is 12.8. The molecular formula is C12H9F4N3O. The molecule has 0 bridgehead atoms. The molecule has 1 aromatic carbocycles. The number of amides is 1. The maximum Gasteiger partial charge on any atom is 0.383 e. The molecule has 0 unspecified atom stereocenters. The number of rotatable bonds is 4. The van der Waals surface area contributed by atoms with Gasteiger partial charge in [0.05, 0.1) is 18.2 Å². The number of imidazole rings is 1. The van der Waals surface area contributed by atoms with Crippen LogP contribution in [0.15, 0.2) is 36.8 Å². The summed E-state index contributed by atoms with van der Waals surface area (Å²) in [5.74, 6) is -6.76. The lowest BCUT2D eigenvalue weighted by Crippen LogP contribution is -2.40. The number of hydrogen-bond acceptors (Lipinski definition) is 2. The van der Waals surface area contributed by atoms with Crippen molar-refractivity contribution in [2.45, 2.75) is 12.3 Å². The smallest absolute Gasteiger partial charge is 0.345 e. The van der Waals surface area contributed by atoms with Crippen molar-refractivity contribution in [2.75, 3.05) is 5.32 Å². The van der Waals surface area contributed by atoms with E-state index in [4.69, 9.17) is 0 Å². The van der Waals surface area contributed by atoms with Crippen molar-refractivity contribution in [3.8, 4) is 11.3 Å². The Kier molecular flexibility index (Phi) is 3.73. The largest absolute Gasteiger partial charge is 0.383 e. The Morgan fingerprint density at radius 1 is 1.25 bits per heavy atom. The highest BCUT2D eigenvalue weighted by Gasteiger charge is 2.48. The zero-order valence-corrected chi connectivity index (χ0v) is 9.91. The third-order valence-electron chi connectivity index (χ3n) is 2.53. The molecular weight excluding hydrogens is 278 g/mol. The molecule has 1 heterocycles. The summed E-state index contributed by atoms with van der Waals surface area (Å²) in [6.07, 6.45) is -1.03. The molecule has 20 heavy (non-hydrogen) atoms. The van der Waals surface area contributed by atoms with Gasteiger partial charge >= 0.3 is 18.3 Å². The van der Waals surface area contributed by atoms with Crippen LogP contribution in [-0.2, 0) is 4.79 Å². The van der Waals surface area contributed by atoms with Crippen LogP contribution in [0.4, 0.5) is 23.2 Å². The fraction of sp³-hybridized carbons (Fsp3) is 0.167. The van der Waals surface area contributed by atoms with E-state index < -0.39 is 18.3 Å². The van der Waals surface area contributed by atoms with Gasteiger partial charge in [-0.15, -0.1) is 0 Å². The Hall–Kier alpha value is -2.38. The number of halogens is 4. The van der Waals surface area contributed by atoms with Crippen molar-refractivity contribution >= 4 is 11.6 Å². The van der Waals surface area contributed by atoms with Crippen LogP contribution in [0.25, 0.3) is 11.3 Å². The van der Waals surface area contributed by atoms with Crippen LogP contribution >= 0.6 is 0 Å². The molecule has 0 aliphatic carbocycles. The summed E-state index contributed by atoms with van der Waals surface area (Å²) in [6.45, 7) is 0. The second-order valence-corrected chi connectivity index (χ2v) is 3.92. The summed E-state index contributed by atoms with van der Waals surface area (Å²) >= 11 is 0. The van der Waals surface area contributed by atoms with E-state index in [2.05, 4.69) is 9.97 Å². The number of carbonyl (C=O) groups is 1. The average molecular weight is 287 g/mol. The van der Waals surface area contributed by atoms with E-state index in [1.54, 1.807) is 11.5 Å². The number of anilines is 1.